The van der Waals surface area contributed by atoms with Crippen LogP contribution in [0.5, 0.6) is 0 Å². The van der Waals surface area contributed by atoms with E-state index in [1.54, 1.807) is 12.1 Å². The van der Waals surface area contributed by atoms with Crippen molar-refractivity contribution < 1.29 is 4.92 Å². The highest BCUT2D eigenvalue weighted by atomic mass is 32.1. The summed E-state index contributed by atoms with van der Waals surface area (Å²) in [6.45, 7) is 6.16. The molecule has 2 rings (SSSR count). The molecule has 1 aromatic carbocycles. The van der Waals surface area contributed by atoms with E-state index in [0.29, 0.717) is 5.56 Å². The molecule has 0 saturated carbocycles. The Morgan fingerprint density at radius 3 is 2.50 bits per heavy atom. The highest BCUT2D eigenvalue weighted by Crippen LogP contribution is 2.34. The second-order valence-electron chi connectivity index (χ2n) is 5.44. The SMILES string of the molecule is CC(C)(C)C#Cc1ccc(-c2ccccc2[N+](=O)[O-])s1. The van der Waals surface area contributed by atoms with Gasteiger partial charge in [0, 0.05) is 16.4 Å². The summed E-state index contributed by atoms with van der Waals surface area (Å²) in [4.78, 5) is 12.5. The summed E-state index contributed by atoms with van der Waals surface area (Å²) >= 11 is 1.48. The van der Waals surface area contributed by atoms with Crippen molar-refractivity contribution in [2.45, 2.75) is 20.8 Å². The standard InChI is InChI=1S/C16H15NO2S/c1-16(2,3)11-10-12-8-9-15(20-12)13-6-4-5-7-14(13)17(18)19/h4-9H,1-3H3. The highest BCUT2D eigenvalue weighted by Gasteiger charge is 2.15. The van der Waals surface area contributed by atoms with E-state index in [9.17, 15) is 10.1 Å². The summed E-state index contributed by atoms with van der Waals surface area (Å²) in [5.74, 6) is 6.29. The summed E-state index contributed by atoms with van der Waals surface area (Å²) in [5.41, 5.74) is 0.721. The molecule has 4 heteroatoms. The number of nitro groups is 1. The molecule has 0 fully saturated rings. The minimum absolute atomic E-state index is 0.0527. The molecule has 0 amide bonds. The van der Waals surface area contributed by atoms with Crippen molar-refractivity contribution in [3.8, 4) is 22.3 Å². The molecule has 0 spiro atoms. The van der Waals surface area contributed by atoms with Crippen molar-refractivity contribution >= 4 is 17.0 Å². The van der Waals surface area contributed by atoms with Gasteiger partial charge in [-0.05, 0) is 39.0 Å². The number of rotatable bonds is 2. The molecule has 0 saturated heterocycles. The van der Waals surface area contributed by atoms with Crippen LogP contribution in [0.25, 0.3) is 10.4 Å². The maximum atomic E-state index is 11.0. The third-order valence-electron chi connectivity index (χ3n) is 2.53. The number of nitrogens with zero attached hydrogens (tertiary/aromatic N) is 1. The third-order valence-corrected chi connectivity index (χ3v) is 3.57. The van der Waals surface area contributed by atoms with Gasteiger partial charge in [-0.15, -0.1) is 11.3 Å². The molecule has 0 unspecified atom stereocenters. The number of hydrogen-bond donors (Lipinski definition) is 0. The molecule has 20 heavy (non-hydrogen) atoms. The van der Waals surface area contributed by atoms with Gasteiger partial charge in [0.2, 0.25) is 0 Å². The fourth-order valence-corrected chi connectivity index (χ4v) is 2.53. The van der Waals surface area contributed by atoms with E-state index < -0.39 is 0 Å². The van der Waals surface area contributed by atoms with Gasteiger partial charge in [-0.3, -0.25) is 10.1 Å². The summed E-state index contributed by atoms with van der Waals surface area (Å²) in [6.07, 6.45) is 0. The van der Waals surface area contributed by atoms with Gasteiger partial charge in [-0.2, -0.15) is 0 Å². The Morgan fingerprint density at radius 2 is 1.85 bits per heavy atom. The number of para-hydroxylation sites is 1. The Kier molecular flexibility index (Phi) is 3.91. The maximum absolute atomic E-state index is 11.0. The number of nitro benzene ring substituents is 1. The molecule has 2 aromatic rings. The summed E-state index contributed by atoms with van der Waals surface area (Å²) in [5, 5.41) is 11.0. The van der Waals surface area contributed by atoms with Crippen molar-refractivity contribution in [3.05, 3.63) is 51.4 Å². The topological polar surface area (TPSA) is 43.1 Å². The fourth-order valence-electron chi connectivity index (χ4n) is 1.64. The molecule has 0 aliphatic heterocycles. The third kappa shape index (κ3) is 3.46. The first kappa shape index (κ1) is 14.3. The molecule has 0 N–H and O–H groups in total. The average molecular weight is 285 g/mol. The second-order valence-corrected chi connectivity index (χ2v) is 6.52. The molecular formula is C16H15NO2S. The Morgan fingerprint density at radius 1 is 1.15 bits per heavy atom. The summed E-state index contributed by atoms with van der Waals surface area (Å²) < 4.78 is 0. The quantitative estimate of drug-likeness (QED) is 0.455. The molecular weight excluding hydrogens is 270 g/mol. The van der Waals surface area contributed by atoms with Crippen molar-refractivity contribution in [2.24, 2.45) is 5.41 Å². The van der Waals surface area contributed by atoms with Crippen LogP contribution in [0, 0.1) is 27.4 Å². The number of benzene rings is 1. The minimum atomic E-state index is -0.352. The zero-order valence-electron chi connectivity index (χ0n) is 11.6. The number of thiophene rings is 1. The zero-order valence-corrected chi connectivity index (χ0v) is 12.5. The van der Waals surface area contributed by atoms with Crippen molar-refractivity contribution in [1.29, 1.82) is 0 Å². The summed E-state index contributed by atoms with van der Waals surface area (Å²) in [7, 11) is 0. The van der Waals surface area contributed by atoms with Crippen molar-refractivity contribution in [1.82, 2.24) is 0 Å². The molecule has 102 valence electrons. The molecule has 1 aromatic heterocycles. The van der Waals surface area contributed by atoms with Gasteiger partial charge < -0.3 is 0 Å². The van der Waals surface area contributed by atoms with Gasteiger partial charge >= 0.3 is 0 Å². The zero-order chi connectivity index (χ0) is 14.8. The second kappa shape index (κ2) is 5.48. The lowest BCUT2D eigenvalue weighted by Gasteiger charge is -2.06. The predicted octanol–water partition coefficient (Wildman–Crippen LogP) is 4.72. The molecule has 0 aliphatic carbocycles. The average Bonchev–Trinajstić information content (AvgIpc) is 2.84. The highest BCUT2D eigenvalue weighted by molar-refractivity contribution is 7.16. The summed E-state index contributed by atoms with van der Waals surface area (Å²) in [6, 6.07) is 10.6. The van der Waals surface area contributed by atoms with Crippen LogP contribution in [0.2, 0.25) is 0 Å². The van der Waals surface area contributed by atoms with E-state index >= 15 is 0 Å². The first-order valence-corrected chi connectivity index (χ1v) is 7.05. The van der Waals surface area contributed by atoms with Gasteiger partial charge in [0.15, 0.2) is 0 Å². The van der Waals surface area contributed by atoms with Crippen LogP contribution >= 0.6 is 11.3 Å². The van der Waals surface area contributed by atoms with E-state index in [0.717, 1.165) is 9.75 Å². The van der Waals surface area contributed by atoms with Gasteiger partial charge in [0.25, 0.3) is 5.69 Å². The van der Waals surface area contributed by atoms with Crippen LogP contribution < -0.4 is 0 Å². The molecule has 0 bridgehead atoms. The molecule has 1 heterocycles. The lowest BCUT2D eigenvalue weighted by molar-refractivity contribution is -0.384. The van der Waals surface area contributed by atoms with Crippen LogP contribution in [0.4, 0.5) is 5.69 Å². The van der Waals surface area contributed by atoms with Crippen LogP contribution in [0.15, 0.2) is 36.4 Å². The first-order valence-electron chi connectivity index (χ1n) is 6.24. The normalized spacial score (nSPS) is 10.8. The Balaban J connectivity index is 2.39. The van der Waals surface area contributed by atoms with Crippen molar-refractivity contribution in [2.75, 3.05) is 0 Å². The fraction of sp³-hybridized carbons (Fsp3) is 0.250. The number of hydrogen-bond acceptors (Lipinski definition) is 3. The smallest absolute Gasteiger partial charge is 0.258 e. The van der Waals surface area contributed by atoms with Crippen LogP contribution in [-0.2, 0) is 0 Å². The molecule has 0 aliphatic rings. The van der Waals surface area contributed by atoms with E-state index in [1.165, 1.54) is 17.4 Å². The molecule has 3 nitrogen and oxygen atoms in total. The molecule has 0 atom stereocenters. The van der Waals surface area contributed by atoms with Crippen molar-refractivity contribution in [3.63, 3.8) is 0 Å². The Bertz CT molecular complexity index is 699. The van der Waals surface area contributed by atoms with E-state index in [-0.39, 0.29) is 16.0 Å². The van der Waals surface area contributed by atoms with E-state index in [1.807, 2.05) is 18.2 Å². The van der Waals surface area contributed by atoms with Crippen LogP contribution in [0.3, 0.4) is 0 Å². The minimum Gasteiger partial charge on any atom is -0.258 e. The van der Waals surface area contributed by atoms with Gasteiger partial charge in [-0.25, -0.2) is 0 Å². The Labute approximate surface area is 122 Å². The lowest BCUT2D eigenvalue weighted by Crippen LogP contribution is -1.98. The largest absolute Gasteiger partial charge is 0.278 e. The lowest BCUT2D eigenvalue weighted by atomic mass is 9.98. The Hall–Kier alpha value is -2.12. The van der Waals surface area contributed by atoms with Gasteiger partial charge in [-0.1, -0.05) is 24.0 Å². The van der Waals surface area contributed by atoms with Crippen LogP contribution in [0.1, 0.15) is 25.6 Å². The van der Waals surface area contributed by atoms with E-state index in [2.05, 4.69) is 32.6 Å². The monoisotopic (exact) mass is 285 g/mol. The predicted molar refractivity (Wildman–Crippen MR) is 82.7 cm³/mol. The molecule has 0 radical (unpaired) electrons. The van der Waals surface area contributed by atoms with Gasteiger partial charge in [0.05, 0.1) is 15.4 Å². The van der Waals surface area contributed by atoms with Crippen LogP contribution in [-0.4, -0.2) is 4.92 Å². The maximum Gasteiger partial charge on any atom is 0.278 e. The van der Waals surface area contributed by atoms with Gasteiger partial charge in [0.1, 0.15) is 0 Å². The van der Waals surface area contributed by atoms with E-state index in [4.69, 9.17) is 0 Å². The first-order chi connectivity index (χ1) is 9.37.